The number of para-hydroxylation sites is 1. The third-order valence-corrected chi connectivity index (χ3v) is 3.89. The fraction of sp³-hybridized carbons (Fsp3) is 0.118. The number of aryl methyl sites for hydroxylation is 1. The lowest BCUT2D eigenvalue weighted by Gasteiger charge is -2.17. The Bertz CT molecular complexity index is 882. The van der Waals surface area contributed by atoms with Crippen molar-refractivity contribution in [2.45, 2.75) is 13.5 Å². The molecular weight excluding hydrogens is 276 g/mol. The summed E-state index contributed by atoms with van der Waals surface area (Å²) in [5, 5.41) is 11.6. The van der Waals surface area contributed by atoms with Crippen LogP contribution in [0.2, 0.25) is 0 Å². The van der Waals surface area contributed by atoms with Gasteiger partial charge in [0.1, 0.15) is 5.69 Å². The van der Waals surface area contributed by atoms with Gasteiger partial charge in [0.2, 0.25) is 0 Å². The Morgan fingerprint density at radius 1 is 1.00 bits per heavy atom. The normalized spacial score (nSPS) is 12.5. The number of nitrogens with one attached hydrogen (secondary N) is 1. The van der Waals surface area contributed by atoms with E-state index in [1.807, 2.05) is 60.1 Å². The second kappa shape index (κ2) is 4.80. The minimum absolute atomic E-state index is 0.113. The summed E-state index contributed by atoms with van der Waals surface area (Å²) in [7, 11) is 0. The van der Waals surface area contributed by atoms with E-state index in [4.69, 9.17) is 0 Å². The van der Waals surface area contributed by atoms with Gasteiger partial charge in [-0.25, -0.2) is 4.68 Å². The molecule has 4 rings (SSSR count). The van der Waals surface area contributed by atoms with Gasteiger partial charge in [-0.3, -0.25) is 4.79 Å². The molecule has 0 unspecified atom stereocenters. The van der Waals surface area contributed by atoms with Gasteiger partial charge >= 0.3 is 0 Å². The zero-order valence-corrected chi connectivity index (χ0v) is 12.1. The first-order chi connectivity index (χ1) is 10.8. The Morgan fingerprint density at radius 3 is 2.45 bits per heavy atom. The van der Waals surface area contributed by atoms with E-state index >= 15 is 0 Å². The number of benzene rings is 2. The number of hydrogen-bond acceptors (Lipinski definition) is 3. The Morgan fingerprint density at radius 2 is 1.68 bits per heavy atom. The van der Waals surface area contributed by atoms with E-state index in [1.165, 1.54) is 0 Å². The SMILES string of the molecule is CCn1nnc2c1-c1ccccc1C(=O)Nc1ccccc1-2. The predicted octanol–water partition coefficient (Wildman–Crippen LogP) is 3.20. The Kier molecular flexibility index (Phi) is 2.79. The largest absolute Gasteiger partial charge is 0.321 e. The van der Waals surface area contributed by atoms with Crippen LogP contribution >= 0.6 is 0 Å². The third kappa shape index (κ3) is 1.75. The molecular formula is C17H14N4O. The van der Waals surface area contributed by atoms with E-state index in [9.17, 15) is 4.79 Å². The molecule has 2 heterocycles. The minimum Gasteiger partial charge on any atom is -0.321 e. The van der Waals surface area contributed by atoms with Gasteiger partial charge in [-0.1, -0.05) is 41.6 Å². The highest BCUT2D eigenvalue weighted by Crippen LogP contribution is 2.38. The number of nitrogens with zero attached hydrogens (tertiary/aromatic N) is 3. The van der Waals surface area contributed by atoms with Gasteiger partial charge in [0.15, 0.2) is 0 Å². The number of carbonyl (C=O) groups excluding carboxylic acids is 1. The summed E-state index contributed by atoms with van der Waals surface area (Å²) >= 11 is 0. The van der Waals surface area contributed by atoms with Crippen LogP contribution < -0.4 is 5.32 Å². The van der Waals surface area contributed by atoms with E-state index in [0.717, 1.165) is 28.2 Å². The summed E-state index contributed by atoms with van der Waals surface area (Å²) in [5.74, 6) is -0.113. The second-order valence-electron chi connectivity index (χ2n) is 5.15. The Balaban J connectivity index is 2.12. The summed E-state index contributed by atoms with van der Waals surface area (Å²) in [6, 6.07) is 15.2. The summed E-state index contributed by atoms with van der Waals surface area (Å²) in [5.41, 5.74) is 4.82. The lowest BCUT2D eigenvalue weighted by Crippen LogP contribution is -2.16. The van der Waals surface area contributed by atoms with Crippen LogP contribution in [0.4, 0.5) is 5.69 Å². The molecule has 0 fully saturated rings. The minimum atomic E-state index is -0.113. The van der Waals surface area contributed by atoms with Crippen LogP contribution in [0.1, 0.15) is 17.3 Å². The monoisotopic (exact) mass is 290 g/mol. The maximum absolute atomic E-state index is 12.6. The fourth-order valence-electron chi connectivity index (χ4n) is 2.86. The van der Waals surface area contributed by atoms with Crippen LogP contribution in [0.5, 0.6) is 0 Å². The number of hydrogen-bond donors (Lipinski definition) is 1. The maximum Gasteiger partial charge on any atom is 0.256 e. The van der Waals surface area contributed by atoms with Crippen molar-refractivity contribution >= 4 is 11.6 Å². The van der Waals surface area contributed by atoms with E-state index in [0.29, 0.717) is 12.1 Å². The first kappa shape index (κ1) is 12.8. The van der Waals surface area contributed by atoms with Gasteiger partial charge in [0.05, 0.1) is 11.4 Å². The average Bonchev–Trinajstić information content (AvgIpc) is 2.97. The van der Waals surface area contributed by atoms with Crippen LogP contribution in [0.3, 0.4) is 0 Å². The van der Waals surface area contributed by atoms with E-state index in [2.05, 4.69) is 15.6 Å². The molecule has 5 nitrogen and oxygen atoms in total. The summed E-state index contributed by atoms with van der Waals surface area (Å²) < 4.78 is 1.84. The molecule has 1 aromatic heterocycles. The van der Waals surface area contributed by atoms with Crippen molar-refractivity contribution in [1.29, 1.82) is 0 Å². The smallest absolute Gasteiger partial charge is 0.256 e. The van der Waals surface area contributed by atoms with Crippen molar-refractivity contribution < 1.29 is 4.79 Å². The van der Waals surface area contributed by atoms with E-state index in [-0.39, 0.29) is 5.91 Å². The zero-order chi connectivity index (χ0) is 15.1. The topological polar surface area (TPSA) is 59.8 Å². The number of anilines is 1. The van der Waals surface area contributed by atoms with Crippen LogP contribution in [-0.2, 0) is 6.54 Å². The standard InChI is InChI=1S/C17H14N4O/c1-2-21-16-11-7-3-4-8-12(11)17(22)18-14-10-6-5-9-13(14)15(16)19-20-21/h3-10H,2H2,1H3,(H,18,22). The molecule has 0 bridgehead atoms. The van der Waals surface area contributed by atoms with Crippen LogP contribution in [-0.4, -0.2) is 20.9 Å². The molecule has 2 aromatic carbocycles. The molecule has 0 atom stereocenters. The first-order valence-electron chi connectivity index (χ1n) is 7.23. The highest BCUT2D eigenvalue weighted by atomic mass is 16.1. The van der Waals surface area contributed by atoms with Crippen molar-refractivity contribution in [3.63, 3.8) is 0 Å². The molecule has 0 aliphatic carbocycles. The van der Waals surface area contributed by atoms with E-state index < -0.39 is 0 Å². The predicted molar refractivity (Wildman–Crippen MR) is 84.5 cm³/mol. The second-order valence-corrected chi connectivity index (χ2v) is 5.15. The van der Waals surface area contributed by atoms with Gasteiger partial charge in [-0.15, -0.1) is 5.10 Å². The molecule has 5 heteroatoms. The van der Waals surface area contributed by atoms with Crippen LogP contribution in [0.25, 0.3) is 22.5 Å². The van der Waals surface area contributed by atoms with Crippen LogP contribution in [0.15, 0.2) is 48.5 Å². The molecule has 108 valence electrons. The fourth-order valence-corrected chi connectivity index (χ4v) is 2.86. The summed E-state index contributed by atoms with van der Waals surface area (Å²) in [6.45, 7) is 2.71. The van der Waals surface area contributed by atoms with E-state index in [1.54, 1.807) is 0 Å². The Labute approximate surface area is 127 Å². The summed E-state index contributed by atoms with van der Waals surface area (Å²) in [6.07, 6.45) is 0. The van der Waals surface area contributed by atoms with Crippen molar-refractivity contribution in [2.75, 3.05) is 5.32 Å². The molecule has 0 radical (unpaired) electrons. The number of fused-ring (bicyclic) bond motifs is 5. The molecule has 1 aliphatic rings. The first-order valence-corrected chi connectivity index (χ1v) is 7.23. The molecule has 0 saturated heterocycles. The molecule has 0 spiro atoms. The zero-order valence-electron chi connectivity index (χ0n) is 12.1. The van der Waals surface area contributed by atoms with Gasteiger partial charge in [-0.05, 0) is 19.1 Å². The molecule has 0 saturated carbocycles. The van der Waals surface area contributed by atoms with Gasteiger partial charge < -0.3 is 5.32 Å². The number of amides is 1. The third-order valence-electron chi connectivity index (χ3n) is 3.89. The quantitative estimate of drug-likeness (QED) is 0.748. The maximum atomic E-state index is 12.6. The molecule has 1 amide bonds. The molecule has 22 heavy (non-hydrogen) atoms. The van der Waals surface area contributed by atoms with Crippen molar-refractivity contribution in [3.05, 3.63) is 54.1 Å². The number of rotatable bonds is 1. The average molecular weight is 290 g/mol. The lowest BCUT2D eigenvalue weighted by atomic mass is 9.96. The van der Waals surface area contributed by atoms with Crippen molar-refractivity contribution in [2.24, 2.45) is 0 Å². The van der Waals surface area contributed by atoms with Crippen molar-refractivity contribution in [1.82, 2.24) is 15.0 Å². The number of carbonyl (C=O) groups is 1. The molecule has 1 N–H and O–H groups in total. The van der Waals surface area contributed by atoms with Crippen LogP contribution in [0, 0.1) is 0 Å². The van der Waals surface area contributed by atoms with Gasteiger partial charge in [0, 0.05) is 23.2 Å². The summed E-state index contributed by atoms with van der Waals surface area (Å²) in [4.78, 5) is 12.6. The van der Waals surface area contributed by atoms with Gasteiger partial charge in [0.25, 0.3) is 5.91 Å². The Hall–Kier alpha value is -2.95. The molecule has 3 aromatic rings. The van der Waals surface area contributed by atoms with Gasteiger partial charge in [-0.2, -0.15) is 0 Å². The number of aromatic nitrogens is 3. The molecule has 1 aliphatic heterocycles. The highest BCUT2D eigenvalue weighted by Gasteiger charge is 2.25. The lowest BCUT2D eigenvalue weighted by molar-refractivity contribution is 0.102. The highest BCUT2D eigenvalue weighted by molar-refractivity contribution is 6.12. The van der Waals surface area contributed by atoms with Crippen molar-refractivity contribution in [3.8, 4) is 22.5 Å².